The average Bonchev–Trinajstić information content (AvgIpc) is 2.65. The third-order valence-electron chi connectivity index (χ3n) is 1.42. The van der Waals surface area contributed by atoms with E-state index in [9.17, 15) is 0 Å². The Morgan fingerprint density at radius 1 is 1.62 bits per heavy atom. The van der Waals surface area contributed by atoms with Crippen molar-refractivity contribution in [2.45, 2.75) is 6.92 Å². The molecule has 68 valence electrons. The van der Waals surface area contributed by atoms with Crippen LogP contribution in [-0.2, 0) is 0 Å². The molecular formula is C9H12N4. The van der Waals surface area contributed by atoms with Crippen LogP contribution in [0.2, 0.25) is 0 Å². The van der Waals surface area contributed by atoms with E-state index in [1.807, 2.05) is 25.2 Å². The van der Waals surface area contributed by atoms with Crippen molar-refractivity contribution >= 4 is 11.8 Å². The van der Waals surface area contributed by atoms with Crippen LogP contribution in [0.1, 0.15) is 12.7 Å². The summed E-state index contributed by atoms with van der Waals surface area (Å²) in [7, 11) is 1.72. The molecule has 13 heavy (non-hydrogen) atoms. The van der Waals surface area contributed by atoms with Gasteiger partial charge in [0.2, 0.25) is 0 Å². The summed E-state index contributed by atoms with van der Waals surface area (Å²) in [6.45, 7) is 1.96. The summed E-state index contributed by atoms with van der Waals surface area (Å²) in [5.74, 6) is 0.726. The summed E-state index contributed by atoms with van der Waals surface area (Å²) in [5.41, 5.74) is 0.915. The predicted octanol–water partition coefficient (Wildman–Crippen LogP) is 1.46. The summed E-state index contributed by atoms with van der Waals surface area (Å²) in [4.78, 5) is 7.96. The van der Waals surface area contributed by atoms with Crippen molar-refractivity contribution < 1.29 is 0 Å². The zero-order valence-corrected chi connectivity index (χ0v) is 7.73. The first-order chi connectivity index (χ1) is 6.38. The first-order valence-electron chi connectivity index (χ1n) is 3.99. The molecule has 0 amide bonds. The molecule has 0 bridgehead atoms. The highest BCUT2D eigenvalue weighted by Crippen LogP contribution is 2.04. The second-order valence-electron chi connectivity index (χ2n) is 2.37. The number of nitrogens with zero attached hydrogens (tertiary/aromatic N) is 3. The lowest BCUT2D eigenvalue weighted by atomic mass is 10.2. The summed E-state index contributed by atoms with van der Waals surface area (Å²) in [5, 5.41) is 6.55. The van der Waals surface area contributed by atoms with Gasteiger partial charge in [0.25, 0.3) is 0 Å². The Kier molecular flexibility index (Phi) is 3.63. The van der Waals surface area contributed by atoms with Crippen LogP contribution in [0.15, 0.2) is 29.5 Å². The van der Waals surface area contributed by atoms with Crippen LogP contribution in [0.25, 0.3) is 5.57 Å². The Morgan fingerprint density at radius 3 is 3.00 bits per heavy atom. The molecule has 0 aliphatic rings. The van der Waals surface area contributed by atoms with E-state index in [1.54, 1.807) is 13.3 Å². The van der Waals surface area contributed by atoms with Gasteiger partial charge >= 0.3 is 0 Å². The maximum atomic E-state index is 4.03. The van der Waals surface area contributed by atoms with Crippen molar-refractivity contribution in [3.8, 4) is 0 Å². The highest BCUT2D eigenvalue weighted by Gasteiger charge is 1.98. The Hall–Kier alpha value is -1.71. The van der Waals surface area contributed by atoms with Crippen molar-refractivity contribution in [2.75, 3.05) is 7.05 Å². The van der Waals surface area contributed by atoms with Crippen LogP contribution >= 0.6 is 0 Å². The first-order valence-corrected chi connectivity index (χ1v) is 3.99. The molecule has 0 aliphatic heterocycles. The summed E-state index contributed by atoms with van der Waals surface area (Å²) in [6.07, 6.45) is 9.01. The van der Waals surface area contributed by atoms with Gasteiger partial charge in [-0.1, -0.05) is 12.2 Å². The third-order valence-corrected chi connectivity index (χ3v) is 1.42. The normalized spacial score (nSPS) is 13.2. The van der Waals surface area contributed by atoms with E-state index in [4.69, 9.17) is 0 Å². The molecule has 0 saturated heterocycles. The lowest BCUT2D eigenvalue weighted by Crippen LogP contribution is -1.88. The predicted molar refractivity (Wildman–Crippen MR) is 53.6 cm³/mol. The number of rotatable bonds is 3. The van der Waals surface area contributed by atoms with Crippen LogP contribution in [0, 0.1) is 0 Å². The molecule has 4 nitrogen and oxygen atoms in total. The fourth-order valence-electron chi connectivity index (χ4n) is 0.867. The Bertz CT molecular complexity index is 319. The highest BCUT2D eigenvalue weighted by atomic mass is 15.2. The smallest absolute Gasteiger partial charge is 0.156 e. The van der Waals surface area contributed by atoms with Crippen molar-refractivity contribution in [3.63, 3.8) is 0 Å². The Labute approximate surface area is 77.1 Å². The van der Waals surface area contributed by atoms with Crippen molar-refractivity contribution in [3.05, 3.63) is 30.4 Å². The molecule has 0 aromatic carbocycles. The molecule has 0 aliphatic carbocycles. The molecule has 0 spiro atoms. The van der Waals surface area contributed by atoms with E-state index in [1.165, 1.54) is 6.33 Å². The number of hydrogen-bond donors (Lipinski definition) is 1. The second kappa shape index (κ2) is 5.03. The van der Waals surface area contributed by atoms with Crippen LogP contribution in [0.4, 0.5) is 0 Å². The largest absolute Gasteiger partial charge is 0.296 e. The van der Waals surface area contributed by atoms with Crippen LogP contribution in [0.3, 0.4) is 0 Å². The molecule has 1 aromatic heterocycles. The molecule has 0 radical (unpaired) electrons. The zero-order valence-electron chi connectivity index (χ0n) is 7.73. The van der Waals surface area contributed by atoms with Gasteiger partial charge in [-0.25, -0.2) is 4.98 Å². The molecule has 0 atom stereocenters. The lowest BCUT2D eigenvalue weighted by Gasteiger charge is -1.92. The van der Waals surface area contributed by atoms with E-state index in [2.05, 4.69) is 20.2 Å². The van der Waals surface area contributed by atoms with Gasteiger partial charge in [-0.05, 0) is 13.0 Å². The number of allylic oxidation sites excluding steroid dienone is 4. The number of H-pyrrole nitrogens is 1. The minimum Gasteiger partial charge on any atom is -0.296 e. The van der Waals surface area contributed by atoms with Crippen molar-refractivity contribution in [2.24, 2.45) is 4.99 Å². The molecule has 1 aromatic rings. The van der Waals surface area contributed by atoms with Crippen molar-refractivity contribution in [1.29, 1.82) is 0 Å². The molecule has 0 unspecified atom stereocenters. The van der Waals surface area contributed by atoms with E-state index < -0.39 is 0 Å². The topological polar surface area (TPSA) is 53.9 Å². The van der Waals surface area contributed by atoms with E-state index in [0.717, 1.165) is 11.4 Å². The SMILES string of the molecule is C/C=C\C=C(/C=NC)c1ncn[nH]1. The van der Waals surface area contributed by atoms with Crippen molar-refractivity contribution in [1.82, 2.24) is 15.2 Å². The molecule has 1 N–H and O–H groups in total. The number of aromatic nitrogens is 3. The van der Waals surface area contributed by atoms with E-state index in [0.29, 0.717) is 0 Å². The van der Waals surface area contributed by atoms with Gasteiger partial charge in [-0.2, -0.15) is 5.10 Å². The Balaban J connectivity index is 2.93. The lowest BCUT2D eigenvalue weighted by molar-refractivity contribution is 1.08. The molecule has 1 heterocycles. The number of aliphatic imine (C=N–C) groups is 1. The molecule has 0 fully saturated rings. The van der Waals surface area contributed by atoms with Gasteiger partial charge in [0.15, 0.2) is 5.82 Å². The minimum atomic E-state index is 0.726. The first kappa shape index (κ1) is 9.38. The van der Waals surface area contributed by atoms with Gasteiger partial charge in [0.1, 0.15) is 6.33 Å². The fourth-order valence-corrected chi connectivity index (χ4v) is 0.867. The molecular weight excluding hydrogens is 164 g/mol. The van der Waals surface area contributed by atoms with Gasteiger partial charge in [-0.3, -0.25) is 10.1 Å². The van der Waals surface area contributed by atoms with Gasteiger partial charge in [0.05, 0.1) is 0 Å². The summed E-state index contributed by atoms with van der Waals surface area (Å²) >= 11 is 0. The van der Waals surface area contributed by atoms with Crippen LogP contribution < -0.4 is 0 Å². The van der Waals surface area contributed by atoms with Gasteiger partial charge in [-0.15, -0.1) is 0 Å². The molecule has 4 heteroatoms. The number of nitrogens with one attached hydrogen (secondary N) is 1. The number of aromatic amines is 1. The molecule has 1 rings (SSSR count). The quantitative estimate of drug-likeness (QED) is 0.560. The third kappa shape index (κ3) is 2.66. The zero-order chi connectivity index (χ0) is 9.52. The minimum absolute atomic E-state index is 0.726. The molecule has 0 saturated carbocycles. The van der Waals surface area contributed by atoms with Crippen LogP contribution in [-0.4, -0.2) is 28.4 Å². The van der Waals surface area contributed by atoms with Gasteiger partial charge < -0.3 is 0 Å². The van der Waals surface area contributed by atoms with E-state index in [-0.39, 0.29) is 0 Å². The highest BCUT2D eigenvalue weighted by molar-refractivity contribution is 6.08. The fraction of sp³-hybridized carbons (Fsp3) is 0.222. The maximum absolute atomic E-state index is 4.03. The number of hydrogen-bond acceptors (Lipinski definition) is 3. The van der Waals surface area contributed by atoms with E-state index >= 15 is 0 Å². The van der Waals surface area contributed by atoms with Gasteiger partial charge in [0, 0.05) is 18.8 Å². The maximum Gasteiger partial charge on any atom is 0.156 e. The second-order valence-corrected chi connectivity index (χ2v) is 2.37. The monoisotopic (exact) mass is 176 g/mol. The standard InChI is InChI=1S/C9H12N4/c1-3-4-5-8(6-10-2)9-11-7-12-13-9/h3-7H,1-2H3,(H,11,12,13)/b4-3-,8-5+,10-6?. The summed E-state index contributed by atoms with van der Waals surface area (Å²) in [6, 6.07) is 0. The van der Waals surface area contributed by atoms with Crippen LogP contribution in [0.5, 0.6) is 0 Å². The Morgan fingerprint density at radius 2 is 2.46 bits per heavy atom. The average molecular weight is 176 g/mol. The summed E-state index contributed by atoms with van der Waals surface area (Å²) < 4.78 is 0.